The van der Waals surface area contributed by atoms with E-state index >= 15 is 0 Å². The van der Waals surface area contributed by atoms with Gasteiger partial charge in [0.25, 0.3) is 0 Å². The highest BCUT2D eigenvalue weighted by Gasteiger charge is 2.21. The van der Waals surface area contributed by atoms with Crippen LogP contribution in [0.3, 0.4) is 0 Å². The van der Waals surface area contributed by atoms with Gasteiger partial charge in [0, 0.05) is 17.8 Å². The first-order valence-electron chi connectivity index (χ1n) is 6.67. The molecule has 1 saturated carbocycles. The molecule has 0 saturated heterocycles. The lowest BCUT2D eigenvalue weighted by molar-refractivity contribution is -0.118. The van der Waals surface area contributed by atoms with Crippen LogP contribution in [0.4, 0.5) is 5.69 Å². The largest absolute Gasteiger partial charge is 0.493 e. The highest BCUT2D eigenvalue weighted by molar-refractivity contribution is 5.73. The van der Waals surface area contributed by atoms with Crippen molar-refractivity contribution < 1.29 is 9.53 Å². The molecule has 19 heavy (non-hydrogen) atoms. The molecule has 1 fully saturated rings. The van der Waals surface area contributed by atoms with Gasteiger partial charge in [0.1, 0.15) is 5.75 Å². The normalized spacial score (nSPS) is 22.2. The molecule has 5 nitrogen and oxygen atoms in total. The fourth-order valence-corrected chi connectivity index (χ4v) is 2.30. The zero-order valence-electron chi connectivity index (χ0n) is 11.0. The number of ether oxygens (including phenoxy) is 1. The molecule has 5 N–H and O–H groups in total. The minimum atomic E-state index is -0.351. The van der Waals surface area contributed by atoms with Gasteiger partial charge in [0.15, 0.2) is 0 Å². The van der Waals surface area contributed by atoms with Gasteiger partial charge in [-0.3, -0.25) is 4.79 Å². The molecule has 5 heteroatoms. The topological polar surface area (TPSA) is 90.4 Å². The molecule has 2 atom stereocenters. The molecule has 0 heterocycles. The van der Waals surface area contributed by atoms with Crippen molar-refractivity contribution in [2.24, 2.45) is 11.5 Å². The van der Waals surface area contributed by atoms with E-state index in [0.717, 1.165) is 30.7 Å². The van der Waals surface area contributed by atoms with Crippen molar-refractivity contribution in [3.63, 3.8) is 0 Å². The molecule has 0 spiro atoms. The maximum atomic E-state index is 10.6. The van der Waals surface area contributed by atoms with Crippen LogP contribution in [0.15, 0.2) is 24.3 Å². The van der Waals surface area contributed by atoms with Crippen molar-refractivity contribution in [2.45, 2.75) is 37.8 Å². The third-order valence-corrected chi connectivity index (χ3v) is 3.32. The first-order chi connectivity index (χ1) is 9.13. The second-order valence-corrected chi connectivity index (χ2v) is 5.00. The van der Waals surface area contributed by atoms with E-state index in [4.69, 9.17) is 16.2 Å². The quantitative estimate of drug-likeness (QED) is 0.720. The minimum absolute atomic E-state index is 0.236. The summed E-state index contributed by atoms with van der Waals surface area (Å²) in [6, 6.07) is 8.52. The van der Waals surface area contributed by atoms with Gasteiger partial charge in [0.05, 0.1) is 13.0 Å². The average Bonchev–Trinajstić information content (AvgIpc) is 2.77. The molecule has 1 aromatic carbocycles. The molecule has 2 unspecified atom stereocenters. The van der Waals surface area contributed by atoms with E-state index in [1.807, 2.05) is 24.3 Å². The van der Waals surface area contributed by atoms with Crippen LogP contribution in [0.1, 0.15) is 25.7 Å². The summed E-state index contributed by atoms with van der Waals surface area (Å²) in [6.45, 7) is 0.319. The molecule has 1 aliphatic carbocycles. The molecule has 0 aliphatic heterocycles. The number of carbonyl (C=O) groups is 1. The zero-order valence-corrected chi connectivity index (χ0v) is 11.0. The summed E-state index contributed by atoms with van der Waals surface area (Å²) in [7, 11) is 0. The lowest BCUT2D eigenvalue weighted by Gasteiger charge is -2.14. The lowest BCUT2D eigenvalue weighted by Crippen LogP contribution is -2.20. The standard InChI is InChI=1S/C14H21N3O2/c15-10-1-2-12(9-10)17-11-3-5-13(6-4-11)19-8-7-14(16)18/h3-6,10,12,17H,1-2,7-9,15H2,(H2,16,18). The number of carbonyl (C=O) groups excluding carboxylic acids is 1. The Bertz CT molecular complexity index is 419. The number of primary amides is 1. The van der Waals surface area contributed by atoms with E-state index in [1.54, 1.807) is 0 Å². The smallest absolute Gasteiger partial charge is 0.220 e. The average molecular weight is 263 g/mol. The van der Waals surface area contributed by atoms with Crippen LogP contribution in [-0.2, 0) is 4.79 Å². The van der Waals surface area contributed by atoms with E-state index in [0.29, 0.717) is 18.7 Å². The summed E-state index contributed by atoms with van der Waals surface area (Å²) in [6.07, 6.45) is 3.47. The summed E-state index contributed by atoms with van der Waals surface area (Å²) in [5.74, 6) is 0.394. The predicted octanol–water partition coefficient (Wildman–Crippen LogP) is 1.23. The third kappa shape index (κ3) is 4.44. The summed E-state index contributed by atoms with van der Waals surface area (Å²) in [4.78, 5) is 10.6. The van der Waals surface area contributed by atoms with Crippen LogP contribution < -0.4 is 21.5 Å². The van der Waals surface area contributed by atoms with Gasteiger partial charge < -0.3 is 21.5 Å². The predicted molar refractivity (Wildman–Crippen MR) is 75.0 cm³/mol. The molecule has 0 bridgehead atoms. The van der Waals surface area contributed by atoms with Crippen molar-refractivity contribution in [3.8, 4) is 5.75 Å². The van der Waals surface area contributed by atoms with Crippen LogP contribution in [0, 0.1) is 0 Å². The van der Waals surface area contributed by atoms with E-state index < -0.39 is 0 Å². The fourth-order valence-electron chi connectivity index (χ4n) is 2.30. The number of hydrogen-bond acceptors (Lipinski definition) is 4. The van der Waals surface area contributed by atoms with Gasteiger partial charge in [-0.15, -0.1) is 0 Å². The Balaban J connectivity index is 1.79. The Morgan fingerprint density at radius 2 is 2.05 bits per heavy atom. The second kappa shape index (κ2) is 6.43. The minimum Gasteiger partial charge on any atom is -0.493 e. The van der Waals surface area contributed by atoms with Gasteiger partial charge in [0.2, 0.25) is 5.91 Å². The van der Waals surface area contributed by atoms with Gasteiger partial charge in [-0.2, -0.15) is 0 Å². The van der Waals surface area contributed by atoms with Crippen molar-refractivity contribution in [3.05, 3.63) is 24.3 Å². The Morgan fingerprint density at radius 1 is 1.32 bits per heavy atom. The molecule has 1 amide bonds. The molecule has 1 aromatic rings. The highest BCUT2D eigenvalue weighted by atomic mass is 16.5. The Hall–Kier alpha value is -1.75. The second-order valence-electron chi connectivity index (χ2n) is 5.00. The van der Waals surface area contributed by atoms with Crippen LogP contribution in [0.25, 0.3) is 0 Å². The van der Waals surface area contributed by atoms with Crippen molar-refractivity contribution in [1.29, 1.82) is 0 Å². The zero-order chi connectivity index (χ0) is 13.7. The van der Waals surface area contributed by atoms with E-state index in [9.17, 15) is 4.79 Å². The Kier molecular flexibility index (Phi) is 4.63. The summed E-state index contributed by atoms with van der Waals surface area (Å²) >= 11 is 0. The monoisotopic (exact) mass is 263 g/mol. The molecule has 0 aromatic heterocycles. The third-order valence-electron chi connectivity index (χ3n) is 3.32. The molecular formula is C14H21N3O2. The Morgan fingerprint density at radius 3 is 2.63 bits per heavy atom. The Labute approximate surface area is 113 Å². The van der Waals surface area contributed by atoms with Crippen molar-refractivity contribution in [1.82, 2.24) is 0 Å². The molecule has 0 radical (unpaired) electrons. The maximum Gasteiger partial charge on any atom is 0.220 e. The number of rotatable bonds is 6. The number of benzene rings is 1. The number of nitrogens with one attached hydrogen (secondary N) is 1. The van der Waals surface area contributed by atoms with E-state index in [1.165, 1.54) is 0 Å². The van der Waals surface area contributed by atoms with Crippen LogP contribution >= 0.6 is 0 Å². The van der Waals surface area contributed by atoms with Crippen molar-refractivity contribution >= 4 is 11.6 Å². The molecule has 1 aliphatic rings. The van der Waals surface area contributed by atoms with Gasteiger partial charge in [-0.05, 0) is 43.5 Å². The van der Waals surface area contributed by atoms with E-state index in [-0.39, 0.29) is 12.3 Å². The molecular weight excluding hydrogens is 242 g/mol. The highest BCUT2D eigenvalue weighted by Crippen LogP contribution is 2.23. The number of hydrogen-bond donors (Lipinski definition) is 3. The molecule has 2 rings (SSSR count). The van der Waals surface area contributed by atoms with E-state index in [2.05, 4.69) is 5.32 Å². The summed E-state index contributed by atoms with van der Waals surface area (Å²) in [5, 5.41) is 3.46. The number of nitrogens with two attached hydrogens (primary N) is 2. The fraction of sp³-hybridized carbons (Fsp3) is 0.500. The van der Waals surface area contributed by atoms with Crippen LogP contribution in [-0.4, -0.2) is 24.6 Å². The summed E-state index contributed by atoms with van der Waals surface area (Å²) < 4.78 is 5.41. The summed E-state index contributed by atoms with van der Waals surface area (Å²) in [5.41, 5.74) is 12.0. The van der Waals surface area contributed by atoms with Crippen LogP contribution in [0.5, 0.6) is 5.75 Å². The maximum absolute atomic E-state index is 10.6. The number of amides is 1. The SMILES string of the molecule is NC(=O)CCOc1ccc(NC2CCC(N)C2)cc1. The first kappa shape index (κ1) is 13.7. The van der Waals surface area contributed by atoms with Crippen LogP contribution in [0.2, 0.25) is 0 Å². The first-order valence-corrected chi connectivity index (χ1v) is 6.67. The van der Waals surface area contributed by atoms with Gasteiger partial charge in [-0.1, -0.05) is 0 Å². The van der Waals surface area contributed by atoms with Gasteiger partial charge >= 0.3 is 0 Å². The van der Waals surface area contributed by atoms with Gasteiger partial charge in [-0.25, -0.2) is 0 Å². The molecule has 104 valence electrons. The number of anilines is 1. The lowest BCUT2D eigenvalue weighted by atomic mass is 10.2. The van der Waals surface area contributed by atoms with Crippen molar-refractivity contribution in [2.75, 3.05) is 11.9 Å².